The molecule has 1 saturated heterocycles. The SMILES string of the molecule is Cc1nc(Cl)cc(C2CCCN2C(=O)OC(C)(C)C)n1. The maximum absolute atomic E-state index is 12.2. The number of amides is 1. The predicted octanol–water partition coefficient (Wildman–Crippen LogP) is 3.51. The highest BCUT2D eigenvalue weighted by atomic mass is 35.5. The van der Waals surface area contributed by atoms with Crippen molar-refractivity contribution in [3.05, 3.63) is 22.7 Å². The number of rotatable bonds is 1. The highest BCUT2D eigenvalue weighted by Crippen LogP contribution is 2.32. The van der Waals surface area contributed by atoms with E-state index in [1.54, 1.807) is 17.9 Å². The fourth-order valence-corrected chi connectivity index (χ4v) is 2.57. The number of aromatic nitrogens is 2. The van der Waals surface area contributed by atoms with Crippen molar-refractivity contribution in [1.29, 1.82) is 0 Å². The van der Waals surface area contributed by atoms with Gasteiger partial charge in [-0.3, -0.25) is 4.90 Å². The lowest BCUT2D eigenvalue weighted by Crippen LogP contribution is -2.36. The largest absolute Gasteiger partial charge is 0.444 e. The summed E-state index contributed by atoms with van der Waals surface area (Å²) >= 11 is 5.98. The molecule has 0 aliphatic carbocycles. The summed E-state index contributed by atoms with van der Waals surface area (Å²) < 4.78 is 5.44. The Hall–Kier alpha value is -1.36. The fourth-order valence-electron chi connectivity index (χ4n) is 2.34. The van der Waals surface area contributed by atoms with Gasteiger partial charge >= 0.3 is 6.09 Å². The number of carbonyl (C=O) groups excluding carboxylic acids is 1. The fraction of sp³-hybridized carbons (Fsp3) is 0.643. The summed E-state index contributed by atoms with van der Waals surface area (Å²) in [6.07, 6.45) is 1.50. The van der Waals surface area contributed by atoms with Crippen molar-refractivity contribution in [1.82, 2.24) is 14.9 Å². The van der Waals surface area contributed by atoms with E-state index in [1.165, 1.54) is 0 Å². The molecule has 5 nitrogen and oxygen atoms in total. The third kappa shape index (κ3) is 3.60. The van der Waals surface area contributed by atoms with Gasteiger partial charge in [-0.05, 0) is 46.6 Å². The molecule has 0 saturated carbocycles. The van der Waals surface area contributed by atoms with Crippen molar-refractivity contribution in [2.75, 3.05) is 6.54 Å². The van der Waals surface area contributed by atoms with Crippen LogP contribution in [0.2, 0.25) is 5.15 Å². The molecule has 2 rings (SSSR count). The van der Waals surface area contributed by atoms with E-state index in [0.717, 1.165) is 18.5 Å². The minimum absolute atomic E-state index is 0.0796. The van der Waals surface area contributed by atoms with Crippen LogP contribution in [0.5, 0.6) is 0 Å². The van der Waals surface area contributed by atoms with Gasteiger partial charge in [0, 0.05) is 6.54 Å². The molecule has 1 atom stereocenters. The van der Waals surface area contributed by atoms with Gasteiger partial charge < -0.3 is 4.74 Å². The summed E-state index contributed by atoms with van der Waals surface area (Å²) in [7, 11) is 0. The van der Waals surface area contributed by atoms with Crippen LogP contribution in [0.4, 0.5) is 4.79 Å². The Kier molecular flexibility index (Phi) is 4.18. The zero-order valence-corrected chi connectivity index (χ0v) is 13.1. The Morgan fingerprint density at radius 1 is 1.45 bits per heavy atom. The van der Waals surface area contributed by atoms with Crippen LogP contribution < -0.4 is 0 Å². The van der Waals surface area contributed by atoms with Crippen LogP contribution in [0.3, 0.4) is 0 Å². The van der Waals surface area contributed by atoms with Gasteiger partial charge in [0.05, 0.1) is 11.7 Å². The molecule has 6 heteroatoms. The Bertz CT molecular complexity index is 493. The minimum atomic E-state index is -0.497. The molecule has 0 aromatic carbocycles. The number of carbonyl (C=O) groups is 1. The summed E-state index contributed by atoms with van der Waals surface area (Å²) in [6, 6.07) is 1.64. The Labute approximate surface area is 124 Å². The molecule has 20 heavy (non-hydrogen) atoms. The number of hydrogen-bond donors (Lipinski definition) is 0. The van der Waals surface area contributed by atoms with Crippen LogP contribution in [0, 0.1) is 6.92 Å². The molecular formula is C14H20ClN3O2. The molecule has 1 fully saturated rings. The molecule has 1 aliphatic heterocycles. The third-order valence-electron chi connectivity index (χ3n) is 3.05. The normalized spacial score (nSPS) is 19.2. The van der Waals surface area contributed by atoms with Crippen molar-refractivity contribution in [3.8, 4) is 0 Å². The Balaban J connectivity index is 2.20. The first-order valence-corrected chi connectivity index (χ1v) is 7.15. The number of nitrogens with zero attached hydrogens (tertiary/aromatic N) is 3. The van der Waals surface area contributed by atoms with Gasteiger partial charge in [-0.1, -0.05) is 11.6 Å². The van der Waals surface area contributed by atoms with Crippen LogP contribution in [0.25, 0.3) is 0 Å². The first kappa shape index (κ1) is 15.0. The van der Waals surface area contributed by atoms with Crippen LogP contribution in [0.15, 0.2) is 6.07 Å². The summed E-state index contributed by atoms with van der Waals surface area (Å²) in [5, 5.41) is 0.406. The molecule has 1 aromatic rings. The molecule has 1 aliphatic rings. The third-order valence-corrected chi connectivity index (χ3v) is 3.24. The number of hydrogen-bond acceptors (Lipinski definition) is 4. The Morgan fingerprint density at radius 2 is 2.15 bits per heavy atom. The van der Waals surface area contributed by atoms with E-state index in [9.17, 15) is 4.79 Å². The van der Waals surface area contributed by atoms with Crippen LogP contribution in [-0.4, -0.2) is 33.1 Å². The van der Waals surface area contributed by atoms with Crippen LogP contribution in [0.1, 0.15) is 51.2 Å². The molecule has 2 heterocycles. The zero-order chi connectivity index (χ0) is 14.9. The van der Waals surface area contributed by atoms with Crippen molar-refractivity contribution >= 4 is 17.7 Å². The lowest BCUT2D eigenvalue weighted by molar-refractivity contribution is 0.0221. The second-order valence-electron chi connectivity index (χ2n) is 5.99. The monoisotopic (exact) mass is 297 g/mol. The van der Waals surface area contributed by atoms with E-state index in [4.69, 9.17) is 16.3 Å². The molecule has 1 amide bonds. The summed E-state index contributed by atoms with van der Waals surface area (Å²) in [6.45, 7) is 8.06. The smallest absolute Gasteiger partial charge is 0.410 e. The summed E-state index contributed by atoms with van der Waals surface area (Å²) in [5.74, 6) is 0.614. The molecule has 110 valence electrons. The van der Waals surface area contributed by atoms with Crippen molar-refractivity contribution < 1.29 is 9.53 Å². The highest BCUT2D eigenvalue weighted by molar-refractivity contribution is 6.29. The highest BCUT2D eigenvalue weighted by Gasteiger charge is 2.34. The predicted molar refractivity (Wildman–Crippen MR) is 76.7 cm³/mol. The van der Waals surface area contributed by atoms with Crippen LogP contribution in [-0.2, 0) is 4.74 Å². The first-order chi connectivity index (χ1) is 9.26. The molecular weight excluding hydrogens is 278 g/mol. The van der Waals surface area contributed by atoms with Gasteiger partial charge in [0.1, 0.15) is 16.6 Å². The Morgan fingerprint density at radius 3 is 2.75 bits per heavy atom. The van der Waals surface area contributed by atoms with Gasteiger partial charge in [-0.2, -0.15) is 0 Å². The molecule has 0 radical (unpaired) electrons. The number of likely N-dealkylation sites (tertiary alicyclic amines) is 1. The lowest BCUT2D eigenvalue weighted by atomic mass is 10.1. The van der Waals surface area contributed by atoms with Gasteiger partial charge in [0.25, 0.3) is 0 Å². The topological polar surface area (TPSA) is 55.3 Å². The zero-order valence-electron chi connectivity index (χ0n) is 12.3. The average molecular weight is 298 g/mol. The van der Waals surface area contributed by atoms with E-state index in [1.807, 2.05) is 20.8 Å². The second-order valence-corrected chi connectivity index (χ2v) is 6.38. The second kappa shape index (κ2) is 5.56. The average Bonchev–Trinajstić information content (AvgIpc) is 2.73. The number of halogens is 1. The number of aryl methyl sites for hydroxylation is 1. The van der Waals surface area contributed by atoms with Gasteiger partial charge in [-0.25, -0.2) is 14.8 Å². The standard InChI is InChI=1S/C14H20ClN3O2/c1-9-16-10(8-12(15)17-9)11-6-5-7-18(11)13(19)20-14(2,3)4/h8,11H,5-7H2,1-4H3. The maximum atomic E-state index is 12.2. The van der Waals surface area contributed by atoms with Gasteiger partial charge in [-0.15, -0.1) is 0 Å². The molecule has 0 N–H and O–H groups in total. The lowest BCUT2D eigenvalue weighted by Gasteiger charge is -2.28. The van der Waals surface area contributed by atoms with Crippen LogP contribution >= 0.6 is 11.6 Å². The van der Waals surface area contributed by atoms with Crippen molar-refractivity contribution in [2.24, 2.45) is 0 Å². The molecule has 1 aromatic heterocycles. The van der Waals surface area contributed by atoms with Crippen molar-refractivity contribution in [3.63, 3.8) is 0 Å². The van der Waals surface area contributed by atoms with E-state index in [2.05, 4.69) is 9.97 Å². The minimum Gasteiger partial charge on any atom is -0.444 e. The molecule has 1 unspecified atom stereocenters. The first-order valence-electron chi connectivity index (χ1n) is 6.77. The van der Waals surface area contributed by atoms with E-state index < -0.39 is 5.60 Å². The molecule has 0 spiro atoms. The quantitative estimate of drug-likeness (QED) is 0.744. The number of ether oxygens (including phenoxy) is 1. The van der Waals surface area contributed by atoms with E-state index in [-0.39, 0.29) is 12.1 Å². The summed E-state index contributed by atoms with van der Waals surface area (Å²) in [5.41, 5.74) is 0.287. The van der Waals surface area contributed by atoms with Gasteiger partial charge in [0.15, 0.2) is 0 Å². The molecule has 0 bridgehead atoms. The van der Waals surface area contributed by atoms with Crippen molar-refractivity contribution in [2.45, 2.75) is 52.2 Å². The summed E-state index contributed by atoms with van der Waals surface area (Å²) in [4.78, 5) is 22.4. The van der Waals surface area contributed by atoms with Gasteiger partial charge in [0.2, 0.25) is 0 Å². The van der Waals surface area contributed by atoms with E-state index in [0.29, 0.717) is 17.5 Å². The maximum Gasteiger partial charge on any atom is 0.410 e. The van der Waals surface area contributed by atoms with E-state index >= 15 is 0 Å².